The zero-order chi connectivity index (χ0) is 18.3. The Bertz CT molecular complexity index is 412. The summed E-state index contributed by atoms with van der Waals surface area (Å²) in [6.45, 7) is 17.8. The number of esters is 2. The minimum absolute atomic E-state index is 0.0622. The predicted octanol–water partition coefficient (Wildman–Crippen LogP) is 4.53. The van der Waals surface area contributed by atoms with E-state index in [0.717, 1.165) is 12.8 Å². The largest absolute Gasteiger partial charge is 0.462 e. The normalized spacial score (nSPS) is 12.2. The molecule has 0 saturated heterocycles. The Morgan fingerprint density at radius 1 is 0.957 bits per heavy atom. The summed E-state index contributed by atoms with van der Waals surface area (Å²) in [7, 11) is 0. The van der Waals surface area contributed by atoms with Gasteiger partial charge in [-0.1, -0.05) is 54.0 Å². The zero-order valence-electron chi connectivity index (χ0n) is 16.0. The quantitative estimate of drug-likeness (QED) is 0.355. The molecule has 4 nitrogen and oxygen atoms in total. The van der Waals surface area contributed by atoms with Gasteiger partial charge in [0.2, 0.25) is 0 Å². The number of ether oxygens (including phenoxy) is 2. The van der Waals surface area contributed by atoms with Crippen molar-refractivity contribution in [2.45, 2.75) is 67.7 Å². The molecule has 4 heteroatoms. The van der Waals surface area contributed by atoms with Crippen molar-refractivity contribution >= 4 is 11.9 Å². The number of hydrogen-bond donors (Lipinski definition) is 0. The SMILES string of the molecule is C=C(CC(CC)CC)C(=O)OCCOC(=O)C(C)(C)C(C)(C)C. The van der Waals surface area contributed by atoms with Gasteiger partial charge in [0, 0.05) is 5.57 Å². The second-order valence-electron chi connectivity index (χ2n) is 7.64. The molecule has 0 atom stereocenters. The molecule has 0 aromatic rings. The molecule has 0 fully saturated rings. The van der Waals surface area contributed by atoms with Crippen molar-refractivity contribution in [3.05, 3.63) is 12.2 Å². The average molecular weight is 326 g/mol. The van der Waals surface area contributed by atoms with Gasteiger partial charge >= 0.3 is 11.9 Å². The van der Waals surface area contributed by atoms with E-state index in [0.29, 0.717) is 17.9 Å². The van der Waals surface area contributed by atoms with Gasteiger partial charge in [-0.2, -0.15) is 0 Å². The maximum atomic E-state index is 12.1. The Morgan fingerprint density at radius 2 is 1.43 bits per heavy atom. The first-order chi connectivity index (χ1) is 10.5. The first-order valence-electron chi connectivity index (χ1n) is 8.49. The van der Waals surface area contributed by atoms with Gasteiger partial charge in [-0.05, 0) is 31.6 Å². The predicted molar refractivity (Wildman–Crippen MR) is 93.0 cm³/mol. The summed E-state index contributed by atoms with van der Waals surface area (Å²) < 4.78 is 10.4. The molecule has 0 aromatic heterocycles. The third kappa shape index (κ3) is 6.76. The van der Waals surface area contributed by atoms with Gasteiger partial charge < -0.3 is 9.47 Å². The van der Waals surface area contributed by atoms with Crippen LogP contribution in [0, 0.1) is 16.7 Å². The molecule has 0 rings (SSSR count). The van der Waals surface area contributed by atoms with E-state index < -0.39 is 11.4 Å². The topological polar surface area (TPSA) is 52.6 Å². The molecule has 0 aliphatic heterocycles. The molecule has 23 heavy (non-hydrogen) atoms. The lowest BCUT2D eigenvalue weighted by molar-refractivity contribution is -0.163. The van der Waals surface area contributed by atoms with E-state index in [1.807, 2.05) is 34.6 Å². The molecule has 0 unspecified atom stereocenters. The summed E-state index contributed by atoms with van der Waals surface area (Å²) in [5, 5.41) is 0. The third-order valence-electron chi connectivity index (χ3n) is 4.91. The molecule has 0 aliphatic rings. The molecule has 0 bridgehead atoms. The fraction of sp³-hybridized carbons (Fsp3) is 0.789. The molecule has 0 aliphatic carbocycles. The van der Waals surface area contributed by atoms with E-state index in [1.165, 1.54) is 0 Å². The van der Waals surface area contributed by atoms with Gasteiger partial charge in [-0.15, -0.1) is 0 Å². The fourth-order valence-electron chi connectivity index (χ4n) is 1.87. The van der Waals surface area contributed by atoms with Crippen molar-refractivity contribution in [3.8, 4) is 0 Å². The van der Waals surface area contributed by atoms with Crippen molar-refractivity contribution in [1.82, 2.24) is 0 Å². The Balaban J connectivity index is 4.20. The van der Waals surface area contributed by atoms with Crippen LogP contribution in [0.2, 0.25) is 0 Å². The number of carbonyl (C=O) groups excluding carboxylic acids is 2. The summed E-state index contributed by atoms with van der Waals surface area (Å²) in [5.41, 5.74) is -0.319. The summed E-state index contributed by atoms with van der Waals surface area (Å²) in [6.07, 6.45) is 2.69. The molecule has 134 valence electrons. The number of hydrogen-bond acceptors (Lipinski definition) is 4. The highest BCUT2D eigenvalue weighted by Gasteiger charge is 2.41. The van der Waals surface area contributed by atoms with Crippen molar-refractivity contribution < 1.29 is 19.1 Å². The van der Waals surface area contributed by atoms with Crippen LogP contribution < -0.4 is 0 Å². The Labute approximate surface area is 141 Å². The summed E-state index contributed by atoms with van der Waals surface area (Å²) >= 11 is 0. The average Bonchev–Trinajstić information content (AvgIpc) is 2.46. The smallest absolute Gasteiger partial charge is 0.333 e. The maximum absolute atomic E-state index is 12.1. The van der Waals surface area contributed by atoms with Gasteiger partial charge in [0.15, 0.2) is 0 Å². The minimum atomic E-state index is -0.601. The second-order valence-corrected chi connectivity index (χ2v) is 7.64. The van der Waals surface area contributed by atoms with Crippen molar-refractivity contribution in [2.75, 3.05) is 13.2 Å². The van der Waals surface area contributed by atoms with Crippen molar-refractivity contribution in [3.63, 3.8) is 0 Å². The van der Waals surface area contributed by atoms with Crippen LogP contribution in [0.5, 0.6) is 0 Å². The maximum Gasteiger partial charge on any atom is 0.333 e. The van der Waals surface area contributed by atoms with Crippen LogP contribution in [0.1, 0.15) is 67.7 Å². The van der Waals surface area contributed by atoms with E-state index >= 15 is 0 Å². The van der Waals surface area contributed by atoms with Gasteiger partial charge in [-0.3, -0.25) is 4.79 Å². The molecule has 0 heterocycles. The van der Waals surface area contributed by atoms with Gasteiger partial charge in [0.1, 0.15) is 13.2 Å². The zero-order valence-corrected chi connectivity index (χ0v) is 16.0. The Hall–Kier alpha value is -1.32. The lowest BCUT2D eigenvalue weighted by atomic mass is 9.69. The monoisotopic (exact) mass is 326 g/mol. The van der Waals surface area contributed by atoms with Gasteiger partial charge in [0.25, 0.3) is 0 Å². The minimum Gasteiger partial charge on any atom is -0.462 e. The van der Waals surface area contributed by atoms with Crippen LogP contribution in [-0.4, -0.2) is 25.2 Å². The fourth-order valence-corrected chi connectivity index (χ4v) is 1.87. The first kappa shape index (κ1) is 21.7. The summed E-state index contributed by atoms with van der Waals surface area (Å²) in [6, 6.07) is 0. The molecular formula is C19H34O4. The van der Waals surface area contributed by atoms with Gasteiger partial charge in [-0.25, -0.2) is 4.79 Å². The molecule has 0 N–H and O–H groups in total. The first-order valence-corrected chi connectivity index (χ1v) is 8.49. The van der Waals surface area contributed by atoms with Crippen LogP contribution in [0.4, 0.5) is 0 Å². The molecule has 0 aromatic carbocycles. The summed E-state index contributed by atoms with van der Waals surface area (Å²) in [5.74, 6) is -0.222. The molecule has 0 amide bonds. The van der Waals surface area contributed by atoms with E-state index in [2.05, 4.69) is 20.4 Å². The number of rotatable bonds is 9. The molecule has 0 saturated carbocycles. The van der Waals surface area contributed by atoms with Crippen LogP contribution in [-0.2, 0) is 19.1 Å². The van der Waals surface area contributed by atoms with Gasteiger partial charge in [0.05, 0.1) is 5.41 Å². The molecular weight excluding hydrogens is 292 g/mol. The van der Waals surface area contributed by atoms with Crippen LogP contribution in [0.25, 0.3) is 0 Å². The highest BCUT2D eigenvalue weighted by Crippen LogP contribution is 2.38. The van der Waals surface area contributed by atoms with Crippen LogP contribution in [0.3, 0.4) is 0 Å². The van der Waals surface area contributed by atoms with E-state index in [1.54, 1.807) is 0 Å². The van der Waals surface area contributed by atoms with E-state index in [4.69, 9.17) is 9.47 Å². The third-order valence-corrected chi connectivity index (χ3v) is 4.91. The van der Waals surface area contributed by atoms with E-state index in [-0.39, 0.29) is 24.6 Å². The van der Waals surface area contributed by atoms with E-state index in [9.17, 15) is 9.59 Å². The lowest BCUT2D eigenvalue weighted by Gasteiger charge is -2.36. The standard InChI is InChI=1S/C19H34O4/c1-9-15(10-2)13-14(3)16(20)22-11-12-23-17(21)19(7,8)18(4,5)6/h15H,3,9-13H2,1-2,4-8H3. The Morgan fingerprint density at radius 3 is 1.87 bits per heavy atom. The van der Waals surface area contributed by atoms with Crippen molar-refractivity contribution in [2.24, 2.45) is 16.7 Å². The summed E-state index contributed by atoms with van der Waals surface area (Å²) in [4.78, 5) is 24.0. The Kier molecular flexibility index (Phi) is 8.57. The highest BCUT2D eigenvalue weighted by atomic mass is 16.6. The molecule has 0 radical (unpaired) electrons. The van der Waals surface area contributed by atoms with Crippen molar-refractivity contribution in [1.29, 1.82) is 0 Å². The second kappa shape index (κ2) is 9.09. The lowest BCUT2D eigenvalue weighted by Crippen LogP contribution is -2.39. The van der Waals surface area contributed by atoms with Crippen LogP contribution in [0.15, 0.2) is 12.2 Å². The van der Waals surface area contributed by atoms with Crippen LogP contribution >= 0.6 is 0 Å². The highest BCUT2D eigenvalue weighted by molar-refractivity contribution is 5.87. The number of carbonyl (C=O) groups is 2. The molecule has 0 spiro atoms.